The molecule has 2 N–H and O–H groups in total. The second-order valence-corrected chi connectivity index (χ2v) is 15.2. The third-order valence-electron chi connectivity index (χ3n) is 12.6. The van der Waals surface area contributed by atoms with Gasteiger partial charge in [-0.15, -0.1) is 0 Å². The molecule has 0 saturated heterocycles. The lowest BCUT2D eigenvalue weighted by Gasteiger charge is -2.49. The maximum absolute atomic E-state index is 4.21. The molecule has 0 spiro atoms. The number of para-hydroxylation sites is 3. The van der Waals surface area contributed by atoms with Gasteiger partial charge in [-0.2, -0.15) is 0 Å². The van der Waals surface area contributed by atoms with Crippen LogP contribution in [0, 0.1) is 17.8 Å². The normalized spacial score (nSPS) is 25.3. The van der Waals surface area contributed by atoms with E-state index in [9.17, 15) is 0 Å². The summed E-state index contributed by atoms with van der Waals surface area (Å²) < 4.78 is 2.62. The largest absolute Gasteiger partial charge is 0.378 e. The number of aromatic nitrogens is 1. The number of fused-ring (bicyclic) bond motifs is 12. The average Bonchev–Trinajstić information content (AvgIpc) is 3.56. The fourth-order valence-electron chi connectivity index (χ4n) is 10.5. The van der Waals surface area contributed by atoms with Crippen molar-refractivity contribution in [1.82, 2.24) is 4.57 Å². The molecule has 3 heteroatoms. The van der Waals surface area contributed by atoms with Crippen LogP contribution < -0.4 is 21.1 Å². The van der Waals surface area contributed by atoms with Gasteiger partial charge in [-0.05, 0) is 106 Å². The van der Waals surface area contributed by atoms with Crippen molar-refractivity contribution in [2.75, 3.05) is 10.6 Å². The topological polar surface area (TPSA) is 29.0 Å². The SMILES string of the molecule is C1=CC2c3c(c4c(c5c(n4-c4ccccc4)C=CCC5)c4ccccc34)CC(C3Nc4ccccc4NC3C3C=c4ccccc4=CC3)C2C=C1. The minimum atomic E-state index is 0.229. The van der Waals surface area contributed by atoms with E-state index in [1.54, 1.807) is 0 Å². The minimum Gasteiger partial charge on any atom is -0.378 e. The molecule has 51 heavy (non-hydrogen) atoms. The van der Waals surface area contributed by atoms with Gasteiger partial charge in [0.25, 0.3) is 0 Å². The van der Waals surface area contributed by atoms with E-state index in [4.69, 9.17) is 0 Å². The van der Waals surface area contributed by atoms with Gasteiger partial charge in [0.15, 0.2) is 0 Å². The lowest BCUT2D eigenvalue weighted by molar-refractivity contribution is 0.264. The van der Waals surface area contributed by atoms with Crippen LogP contribution >= 0.6 is 0 Å². The van der Waals surface area contributed by atoms with E-state index in [0.717, 1.165) is 25.7 Å². The van der Waals surface area contributed by atoms with Gasteiger partial charge in [0, 0.05) is 28.6 Å². The van der Waals surface area contributed by atoms with E-state index in [1.165, 1.54) is 71.6 Å². The third kappa shape index (κ3) is 4.43. The van der Waals surface area contributed by atoms with Crippen LogP contribution in [0.15, 0.2) is 134 Å². The number of nitrogens with zero attached hydrogens (tertiary/aromatic N) is 1. The zero-order valence-corrected chi connectivity index (χ0v) is 28.7. The standard InChI is InChI=1S/C48H41N3/c1-2-16-33(17-3-1)51-43-25-13-10-22-38(43)45-37-21-9-8-20-36(37)44-35-19-7-6-18-34(35)39(29-40(44)48(45)51)47-46(49-41-23-11-12-24-42(41)50-47)32-27-26-30-14-4-5-15-31(30)28-32/h1-9,11-21,23-26,28,32,34-35,39,46-47,49-50H,10,22,27,29H2. The van der Waals surface area contributed by atoms with Crippen molar-refractivity contribution < 1.29 is 0 Å². The van der Waals surface area contributed by atoms with Gasteiger partial charge in [0.2, 0.25) is 0 Å². The molecule has 6 atom stereocenters. The summed E-state index contributed by atoms with van der Waals surface area (Å²) >= 11 is 0. The van der Waals surface area contributed by atoms with Crippen molar-refractivity contribution in [3.8, 4) is 5.69 Å². The van der Waals surface area contributed by atoms with E-state index >= 15 is 0 Å². The van der Waals surface area contributed by atoms with E-state index in [2.05, 4.69) is 167 Å². The second kappa shape index (κ2) is 11.5. The predicted octanol–water partition coefficient (Wildman–Crippen LogP) is 9.30. The Labute approximate surface area is 299 Å². The first-order valence-corrected chi connectivity index (χ1v) is 18.9. The number of benzene rings is 5. The highest BCUT2D eigenvalue weighted by Crippen LogP contribution is 2.53. The van der Waals surface area contributed by atoms with Gasteiger partial charge < -0.3 is 15.2 Å². The lowest BCUT2D eigenvalue weighted by Crippen LogP contribution is -2.55. The van der Waals surface area contributed by atoms with E-state index in [0.29, 0.717) is 23.7 Å². The molecule has 11 rings (SSSR count). The van der Waals surface area contributed by atoms with Crippen molar-refractivity contribution in [2.45, 2.75) is 43.7 Å². The Morgan fingerprint density at radius 3 is 2.25 bits per heavy atom. The molecule has 3 nitrogen and oxygen atoms in total. The predicted molar refractivity (Wildman–Crippen MR) is 214 cm³/mol. The Balaban J connectivity index is 1.16. The summed E-state index contributed by atoms with van der Waals surface area (Å²) in [5.41, 5.74) is 11.0. The van der Waals surface area contributed by atoms with E-state index < -0.39 is 0 Å². The molecule has 6 unspecified atom stereocenters. The first-order chi connectivity index (χ1) is 25.3. The van der Waals surface area contributed by atoms with Crippen LogP contribution in [0.2, 0.25) is 0 Å². The Morgan fingerprint density at radius 1 is 0.667 bits per heavy atom. The highest BCUT2D eigenvalue weighted by Gasteiger charge is 2.46. The van der Waals surface area contributed by atoms with Gasteiger partial charge in [0.1, 0.15) is 0 Å². The molecule has 0 fully saturated rings. The van der Waals surface area contributed by atoms with Gasteiger partial charge in [-0.25, -0.2) is 0 Å². The number of anilines is 2. The second-order valence-electron chi connectivity index (χ2n) is 15.2. The quantitative estimate of drug-likeness (QED) is 0.198. The monoisotopic (exact) mass is 659 g/mol. The molecule has 6 aromatic rings. The summed E-state index contributed by atoms with van der Waals surface area (Å²) in [5.74, 6) is 1.42. The van der Waals surface area contributed by atoms with Crippen LogP contribution in [-0.4, -0.2) is 16.7 Å². The lowest BCUT2D eigenvalue weighted by atomic mass is 9.62. The van der Waals surface area contributed by atoms with Crippen molar-refractivity contribution in [2.24, 2.45) is 17.8 Å². The van der Waals surface area contributed by atoms with Crippen molar-refractivity contribution >= 4 is 51.3 Å². The first-order valence-electron chi connectivity index (χ1n) is 18.9. The summed E-state index contributed by atoms with van der Waals surface area (Å²) in [4.78, 5) is 0. The molecule has 2 heterocycles. The van der Waals surface area contributed by atoms with Crippen LogP contribution in [0.1, 0.15) is 41.1 Å². The number of rotatable bonds is 3. The maximum Gasteiger partial charge on any atom is 0.0579 e. The van der Waals surface area contributed by atoms with Crippen LogP contribution in [0.4, 0.5) is 11.4 Å². The number of nitrogens with one attached hydrogen (secondary N) is 2. The fourth-order valence-corrected chi connectivity index (χ4v) is 10.5. The number of allylic oxidation sites excluding steroid dienone is 5. The van der Waals surface area contributed by atoms with Crippen LogP contribution in [-0.2, 0) is 12.8 Å². The zero-order valence-electron chi connectivity index (χ0n) is 28.7. The van der Waals surface area contributed by atoms with E-state index in [1.807, 2.05) is 0 Å². The molecular weight excluding hydrogens is 619 g/mol. The van der Waals surface area contributed by atoms with Gasteiger partial charge >= 0.3 is 0 Å². The van der Waals surface area contributed by atoms with Crippen LogP contribution in [0.5, 0.6) is 0 Å². The minimum absolute atomic E-state index is 0.229. The molecule has 5 aliphatic rings. The summed E-state index contributed by atoms with van der Waals surface area (Å²) in [5, 5.41) is 15.4. The number of hydrogen-bond donors (Lipinski definition) is 2. The Morgan fingerprint density at radius 2 is 1.39 bits per heavy atom. The molecule has 248 valence electrons. The Kier molecular flexibility index (Phi) is 6.59. The van der Waals surface area contributed by atoms with Crippen molar-refractivity contribution in [3.63, 3.8) is 0 Å². The molecule has 0 saturated carbocycles. The molecule has 0 bridgehead atoms. The number of hydrogen-bond acceptors (Lipinski definition) is 2. The van der Waals surface area contributed by atoms with Gasteiger partial charge in [0.05, 0.1) is 29.0 Å². The molecule has 5 aromatic carbocycles. The first kappa shape index (κ1) is 29.2. The number of aryl methyl sites for hydroxylation is 1. The fraction of sp³-hybridized carbons (Fsp3) is 0.208. The maximum atomic E-state index is 4.21. The zero-order chi connectivity index (χ0) is 33.5. The molecule has 1 aliphatic heterocycles. The smallest absolute Gasteiger partial charge is 0.0579 e. The highest BCUT2D eigenvalue weighted by atomic mass is 15.1. The Bertz CT molecular complexity index is 2590. The summed E-state index contributed by atoms with van der Waals surface area (Å²) in [6.45, 7) is 0. The Hall–Kier alpha value is -5.54. The van der Waals surface area contributed by atoms with Gasteiger partial charge in [-0.1, -0.05) is 121 Å². The molecular formula is C48H41N3. The highest BCUT2D eigenvalue weighted by molar-refractivity contribution is 6.14. The van der Waals surface area contributed by atoms with Crippen LogP contribution in [0.25, 0.3) is 45.6 Å². The van der Waals surface area contributed by atoms with E-state index in [-0.39, 0.29) is 12.1 Å². The van der Waals surface area contributed by atoms with Gasteiger partial charge in [-0.3, -0.25) is 0 Å². The van der Waals surface area contributed by atoms with Crippen LogP contribution in [0.3, 0.4) is 0 Å². The average molecular weight is 660 g/mol. The molecule has 1 aromatic heterocycles. The summed E-state index contributed by atoms with van der Waals surface area (Å²) in [6.07, 6.45) is 23.6. The summed E-state index contributed by atoms with van der Waals surface area (Å²) in [6, 6.07) is 38.6. The molecule has 0 amide bonds. The van der Waals surface area contributed by atoms with Crippen molar-refractivity contribution in [1.29, 1.82) is 0 Å². The molecule has 0 radical (unpaired) electrons. The third-order valence-corrected chi connectivity index (χ3v) is 12.6. The van der Waals surface area contributed by atoms with Crippen molar-refractivity contribution in [3.05, 3.63) is 166 Å². The molecule has 4 aliphatic carbocycles. The summed E-state index contributed by atoms with van der Waals surface area (Å²) in [7, 11) is 0.